The summed E-state index contributed by atoms with van der Waals surface area (Å²) >= 11 is 0. The molecule has 0 fully saturated rings. The third kappa shape index (κ3) is 3.53. The molecule has 2 aliphatic rings. The lowest BCUT2D eigenvalue weighted by Crippen LogP contribution is -3.14. The lowest BCUT2D eigenvalue weighted by atomic mass is 9.93. The smallest absolute Gasteiger partial charge is 0.279 e. The molecule has 0 spiro atoms. The van der Waals surface area contributed by atoms with Crippen molar-refractivity contribution in [3.05, 3.63) is 53.6 Å². The molecule has 2 N–H and O–H groups in total. The number of quaternary nitrogens is 1. The number of para-hydroxylation sites is 1. The van der Waals surface area contributed by atoms with E-state index >= 15 is 0 Å². The van der Waals surface area contributed by atoms with Crippen molar-refractivity contribution in [2.24, 2.45) is 0 Å². The number of carbonyl (C=O) groups excluding carboxylic acids is 1. The zero-order valence-corrected chi connectivity index (χ0v) is 15.1. The van der Waals surface area contributed by atoms with Gasteiger partial charge in [-0.3, -0.25) is 4.79 Å². The van der Waals surface area contributed by atoms with Crippen LogP contribution in [0.5, 0.6) is 11.5 Å². The van der Waals surface area contributed by atoms with E-state index in [1.807, 2.05) is 30.3 Å². The Kier molecular flexibility index (Phi) is 4.80. The third-order valence-electron chi connectivity index (χ3n) is 5.25. The van der Waals surface area contributed by atoms with Gasteiger partial charge in [-0.15, -0.1) is 0 Å². The average Bonchev–Trinajstić information content (AvgIpc) is 2.88. The first-order valence-electron chi connectivity index (χ1n) is 9.32. The molecule has 0 radical (unpaired) electrons. The van der Waals surface area contributed by atoms with Crippen LogP contribution in [0.1, 0.15) is 30.5 Å². The van der Waals surface area contributed by atoms with Gasteiger partial charge in [-0.25, -0.2) is 0 Å². The standard InChI is InChI=1S/C21H24N2O3/c1-15-18-13-20-19(25-10-5-11-26-20)12-16(18)8-9-23(15)14-21(24)22-17-6-3-2-4-7-17/h2-4,6-7,12-13,15H,5,8-11,14H2,1H3,(H,22,24)/p+1/t15-/m0/s1. The lowest BCUT2D eigenvalue weighted by molar-refractivity contribution is -0.924. The van der Waals surface area contributed by atoms with Gasteiger partial charge < -0.3 is 19.7 Å². The number of fused-ring (bicyclic) bond motifs is 2. The third-order valence-corrected chi connectivity index (χ3v) is 5.25. The number of nitrogens with one attached hydrogen (secondary N) is 2. The molecule has 2 aliphatic heterocycles. The van der Waals surface area contributed by atoms with Gasteiger partial charge in [0.15, 0.2) is 18.0 Å². The molecule has 26 heavy (non-hydrogen) atoms. The van der Waals surface area contributed by atoms with E-state index in [1.54, 1.807) is 0 Å². The Morgan fingerprint density at radius 3 is 2.65 bits per heavy atom. The highest BCUT2D eigenvalue weighted by Gasteiger charge is 2.31. The number of amides is 1. The Hall–Kier alpha value is -2.53. The summed E-state index contributed by atoms with van der Waals surface area (Å²) in [6.07, 6.45) is 1.86. The van der Waals surface area contributed by atoms with Gasteiger partial charge in [0.25, 0.3) is 5.91 Å². The highest BCUT2D eigenvalue weighted by molar-refractivity contribution is 5.91. The molecule has 0 aliphatic carbocycles. The highest BCUT2D eigenvalue weighted by Crippen LogP contribution is 2.35. The number of anilines is 1. The van der Waals surface area contributed by atoms with Gasteiger partial charge in [-0.1, -0.05) is 18.2 Å². The number of hydrogen-bond donors (Lipinski definition) is 2. The maximum atomic E-state index is 12.4. The molecule has 0 bridgehead atoms. The molecule has 1 amide bonds. The van der Waals surface area contributed by atoms with Crippen molar-refractivity contribution in [1.29, 1.82) is 0 Å². The zero-order valence-electron chi connectivity index (χ0n) is 15.1. The Morgan fingerprint density at radius 1 is 1.15 bits per heavy atom. The molecule has 0 saturated heterocycles. The van der Waals surface area contributed by atoms with Crippen molar-refractivity contribution in [2.75, 3.05) is 31.6 Å². The van der Waals surface area contributed by atoms with Gasteiger partial charge >= 0.3 is 0 Å². The van der Waals surface area contributed by atoms with Crippen LogP contribution in [0.4, 0.5) is 5.69 Å². The minimum Gasteiger partial charge on any atom is -0.490 e. The molecule has 1 unspecified atom stereocenters. The van der Waals surface area contributed by atoms with Gasteiger partial charge in [0.1, 0.15) is 6.04 Å². The van der Waals surface area contributed by atoms with Crippen molar-refractivity contribution in [3.8, 4) is 11.5 Å². The Morgan fingerprint density at radius 2 is 1.88 bits per heavy atom. The first-order chi connectivity index (χ1) is 12.7. The van der Waals surface area contributed by atoms with Crippen LogP contribution in [0.3, 0.4) is 0 Å². The van der Waals surface area contributed by atoms with E-state index in [4.69, 9.17) is 9.47 Å². The molecule has 136 valence electrons. The number of hydrogen-bond acceptors (Lipinski definition) is 3. The predicted octanol–water partition coefficient (Wildman–Crippen LogP) is 1.99. The van der Waals surface area contributed by atoms with Crippen molar-refractivity contribution in [3.63, 3.8) is 0 Å². The van der Waals surface area contributed by atoms with Crippen LogP contribution in [-0.2, 0) is 11.2 Å². The molecule has 2 aromatic carbocycles. The van der Waals surface area contributed by atoms with Crippen LogP contribution in [0.2, 0.25) is 0 Å². The van der Waals surface area contributed by atoms with E-state index in [-0.39, 0.29) is 11.9 Å². The second-order valence-electron chi connectivity index (χ2n) is 7.02. The summed E-state index contributed by atoms with van der Waals surface area (Å²) in [4.78, 5) is 13.7. The van der Waals surface area contributed by atoms with Crippen molar-refractivity contribution >= 4 is 11.6 Å². The first-order valence-corrected chi connectivity index (χ1v) is 9.32. The van der Waals surface area contributed by atoms with Crippen LogP contribution in [-0.4, -0.2) is 32.2 Å². The molecular formula is C21H25N2O3+. The summed E-state index contributed by atoms with van der Waals surface area (Å²) in [7, 11) is 0. The largest absolute Gasteiger partial charge is 0.490 e. The minimum atomic E-state index is 0.0517. The summed E-state index contributed by atoms with van der Waals surface area (Å²) < 4.78 is 11.7. The Balaban J connectivity index is 1.48. The van der Waals surface area contributed by atoms with E-state index < -0.39 is 0 Å². The average molecular weight is 353 g/mol. The van der Waals surface area contributed by atoms with Gasteiger partial charge in [0, 0.05) is 24.1 Å². The van der Waals surface area contributed by atoms with Gasteiger partial charge in [0.05, 0.1) is 19.8 Å². The van der Waals surface area contributed by atoms with E-state index in [9.17, 15) is 4.79 Å². The van der Waals surface area contributed by atoms with Gasteiger partial charge in [-0.2, -0.15) is 0 Å². The topological polar surface area (TPSA) is 52.0 Å². The van der Waals surface area contributed by atoms with Crippen LogP contribution in [0, 0.1) is 0 Å². The van der Waals surface area contributed by atoms with Crippen molar-refractivity contribution < 1.29 is 19.2 Å². The zero-order chi connectivity index (χ0) is 17.9. The minimum absolute atomic E-state index is 0.0517. The molecule has 5 heteroatoms. The first kappa shape index (κ1) is 16.9. The van der Waals surface area contributed by atoms with Crippen LogP contribution < -0.4 is 19.7 Å². The fraction of sp³-hybridized carbons (Fsp3) is 0.381. The molecule has 4 rings (SSSR count). The number of ether oxygens (including phenoxy) is 2. The number of carbonyl (C=O) groups is 1. The normalized spacial score (nSPS) is 21.4. The number of benzene rings is 2. The summed E-state index contributed by atoms with van der Waals surface area (Å²) in [5.74, 6) is 1.75. The highest BCUT2D eigenvalue weighted by atomic mass is 16.5. The van der Waals surface area contributed by atoms with Gasteiger partial charge in [0.2, 0.25) is 0 Å². The second kappa shape index (κ2) is 7.38. The summed E-state index contributed by atoms with van der Waals surface area (Å²) in [6, 6.07) is 14.1. The molecule has 2 aromatic rings. The quantitative estimate of drug-likeness (QED) is 0.887. The Bertz CT molecular complexity index is 791. The monoisotopic (exact) mass is 353 g/mol. The SMILES string of the molecule is C[C@H]1c2cc3c(cc2CC[NH+]1CC(=O)Nc1ccccc1)OCCCO3. The fourth-order valence-electron chi connectivity index (χ4n) is 3.79. The predicted molar refractivity (Wildman–Crippen MR) is 99.9 cm³/mol. The van der Waals surface area contributed by atoms with Crippen LogP contribution in [0.25, 0.3) is 0 Å². The van der Waals surface area contributed by atoms with E-state index in [2.05, 4.69) is 24.4 Å². The maximum Gasteiger partial charge on any atom is 0.279 e. The van der Waals surface area contributed by atoms with E-state index in [1.165, 1.54) is 16.0 Å². The van der Waals surface area contributed by atoms with Crippen molar-refractivity contribution in [2.45, 2.75) is 25.8 Å². The van der Waals surface area contributed by atoms with E-state index in [0.29, 0.717) is 19.8 Å². The van der Waals surface area contributed by atoms with Crippen LogP contribution in [0.15, 0.2) is 42.5 Å². The summed E-state index contributed by atoms with van der Waals surface area (Å²) in [5.41, 5.74) is 3.43. The molecule has 5 nitrogen and oxygen atoms in total. The van der Waals surface area contributed by atoms with Crippen molar-refractivity contribution in [1.82, 2.24) is 0 Å². The van der Waals surface area contributed by atoms with E-state index in [0.717, 1.165) is 36.6 Å². The summed E-state index contributed by atoms with van der Waals surface area (Å²) in [6.45, 7) is 4.99. The molecular weight excluding hydrogens is 328 g/mol. The molecule has 2 atom stereocenters. The lowest BCUT2D eigenvalue weighted by Gasteiger charge is -2.32. The number of rotatable bonds is 3. The maximum absolute atomic E-state index is 12.4. The van der Waals surface area contributed by atoms with Crippen LogP contribution >= 0.6 is 0 Å². The second-order valence-corrected chi connectivity index (χ2v) is 7.02. The Labute approximate surface area is 153 Å². The molecule has 2 heterocycles. The van der Waals surface area contributed by atoms with Gasteiger partial charge in [-0.05, 0) is 36.8 Å². The molecule has 0 saturated carbocycles. The fourth-order valence-corrected chi connectivity index (χ4v) is 3.79. The molecule has 0 aromatic heterocycles. The summed E-state index contributed by atoms with van der Waals surface area (Å²) in [5, 5.41) is 2.99.